The van der Waals surface area contributed by atoms with E-state index in [2.05, 4.69) is 38.3 Å². The predicted octanol–water partition coefficient (Wildman–Crippen LogP) is 7.26. The molecule has 0 fully saturated rings. The van der Waals surface area contributed by atoms with Gasteiger partial charge in [-0.1, -0.05) is 32.9 Å². The molecule has 0 saturated carbocycles. The van der Waals surface area contributed by atoms with E-state index in [1.807, 2.05) is 44.3 Å². The van der Waals surface area contributed by atoms with Crippen LogP contribution in [0.1, 0.15) is 43.3 Å². The molecule has 0 saturated heterocycles. The topological polar surface area (TPSA) is 42.7 Å². The van der Waals surface area contributed by atoms with Crippen LogP contribution in [0.3, 0.4) is 0 Å². The molecular weight excluding hydrogens is 394 g/mol. The monoisotopic (exact) mass is 421 g/mol. The van der Waals surface area contributed by atoms with Gasteiger partial charge in [-0.05, 0) is 53.8 Å². The second kappa shape index (κ2) is 7.80. The SMILES string of the molecule is Cc1oc2cc(Oc3cccc4ccsc34)ccc2c1C(=O)N(C)CCC(C)(C)C. The lowest BCUT2D eigenvalue weighted by Gasteiger charge is -2.23. The molecule has 0 aliphatic carbocycles. The molecule has 0 bridgehead atoms. The first-order valence-electron chi connectivity index (χ1n) is 10.2. The van der Waals surface area contributed by atoms with Crippen LogP contribution >= 0.6 is 11.3 Å². The molecule has 30 heavy (non-hydrogen) atoms. The molecule has 2 aromatic heterocycles. The lowest BCUT2D eigenvalue weighted by Crippen LogP contribution is -2.30. The van der Waals surface area contributed by atoms with E-state index < -0.39 is 0 Å². The molecule has 2 heterocycles. The molecule has 0 atom stereocenters. The van der Waals surface area contributed by atoms with Crippen molar-refractivity contribution in [3.63, 3.8) is 0 Å². The van der Waals surface area contributed by atoms with Crippen molar-refractivity contribution >= 4 is 38.3 Å². The Labute approximate surface area is 181 Å². The standard InChI is InChI=1S/C25H27NO3S/c1-16-22(24(27)26(5)13-12-25(2,3)4)19-10-9-18(15-21(19)28-16)29-20-8-6-7-17-11-14-30-23(17)20/h6-11,14-15H,12-13H2,1-5H3. The average Bonchev–Trinajstić information content (AvgIpc) is 3.28. The number of nitrogens with zero attached hydrogens (tertiary/aromatic N) is 1. The van der Waals surface area contributed by atoms with Crippen molar-refractivity contribution in [2.24, 2.45) is 5.41 Å². The smallest absolute Gasteiger partial charge is 0.257 e. The van der Waals surface area contributed by atoms with E-state index in [1.54, 1.807) is 16.2 Å². The number of carbonyl (C=O) groups is 1. The minimum Gasteiger partial charge on any atom is -0.460 e. The first-order valence-corrected chi connectivity index (χ1v) is 11.0. The highest BCUT2D eigenvalue weighted by molar-refractivity contribution is 7.17. The van der Waals surface area contributed by atoms with Crippen molar-refractivity contribution < 1.29 is 13.9 Å². The van der Waals surface area contributed by atoms with Gasteiger partial charge in [0, 0.05) is 25.0 Å². The van der Waals surface area contributed by atoms with Crippen molar-refractivity contribution in [3.05, 3.63) is 59.2 Å². The van der Waals surface area contributed by atoms with E-state index in [0.29, 0.717) is 29.2 Å². The average molecular weight is 422 g/mol. The minimum absolute atomic E-state index is 0.00692. The number of thiophene rings is 1. The number of ether oxygens (including phenoxy) is 1. The van der Waals surface area contributed by atoms with Crippen LogP contribution in [-0.2, 0) is 0 Å². The number of hydrogen-bond acceptors (Lipinski definition) is 4. The molecular formula is C25H27NO3S. The summed E-state index contributed by atoms with van der Waals surface area (Å²) in [6.45, 7) is 9.10. The summed E-state index contributed by atoms with van der Waals surface area (Å²) in [6.07, 6.45) is 0.941. The van der Waals surface area contributed by atoms with Crippen molar-refractivity contribution in [1.82, 2.24) is 4.90 Å². The van der Waals surface area contributed by atoms with Gasteiger partial charge in [0.1, 0.15) is 22.8 Å². The Balaban J connectivity index is 1.61. The number of rotatable bonds is 5. The van der Waals surface area contributed by atoms with E-state index in [9.17, 15) is 4.79 Å². The van der Waals surface area contributed by atoms with Crippen LogP contribution in [0.2, 0.25) is 0 Å². The summed E-state index contributed by atoms with van der Waals surface area (Å²) in [5, 5.41) is 4.05. The van der Waals surface area contributed by atoms with Gasteiger partial charge in [0.2, 0.25) is 0 Å². The summed E-state index contributed by atoms with van der Waals surface area (Å²) in [5.74, 6) is 2.14. The number of fused-ring (bicyclic) bond motifs is 2. The van der Waals surface area contributed by atoms with E-state index in [0.717, 1.165) is 22.3 Å². The van der Waals surface area contributed by atoms with E-state index in [-0.39, 0.29) is 11.3 Å². The number of hydrogen-bond donors (Lipinski definition) is 0. The van der Waals surface area contributed by atoms with Crippen LogP contribution in [-0.4, -0.2) is 24.4 Å². The largest absolute Gasteiger partial charge is 0.460 e. The summed E-state index contributed by atoms with van der Waals surface area (Å²) >= 11 is 1.66. The molecule has 1 amide bonds. The van der Waals surface area contributed by atoms with Crippen LogP contribution in [0, 0.1) is 12.3 Å². The molecule has 4 rings (SSSR count). The zero-order chi connectivity index (χ0) is 21.5. The molecule has 0 spiro atoms. The van der Waals surface area contributed by atoms with Gasteiger partial charge >= 0.3 is 0 Å². The van der Waals surface area contributed by atoms with E-state index in [1.165, 1.54) is 5.39 Å². The highest BCUT2D eigenvalue weighted by atomic mass is 32.1. The summed E-state index contributed by atoms with van der Waals surface area (Å²) in [4.78, 5) is 14.9. The van der Waals surface area contributed by atoms with Gasteiger partial charge in [-0.3, -0.25) is 4.79 Å². The van der Waals surface area contributed by atoms with E-state index in [4.69, 9.17) is 9.15 Å². The Morgan fingerprint density at radius 1 is 1.17 bits per heavy atom. The number of furan rings is 1. The quantitative estimate of drug-likeness (QED) is 0.341. The van der Waals surface area contributed by atoms with Gasteiger partial charge in [-0.25, -0.2) is 0 Å². The van der Waals surface area contributed by atoms with Crippen LogP contribution in [0.5, 0.6) is 11.5 Å². The van der Waals surface area contributed by atoms with Crippen LogP contribution < -0.4 is 4.74 Å². The van der Waals surface area contributed by atoms with Crippen molar-refractivity contribution in [2.45, 2.75) is 34.1 Å². The number of carbonyl (C=O) groups excluding carboxylic acids is 1. The second-order valence-electron chi connectivity index (χ2n) is 8.93. The van der Waals surface area contributed by atoms with Crippen LogP contribution in [0.25, 0.3) is 21.1 Å². The van der Waals surface area contributed by atoms with Gasteiger partial charge in [-0.15, -0.1) is 11.3 Å². The summed E-state index contributed by atoms with van der Waals surface area (Å²) in [7, 11) is 1.85. The molecule has 4 aromatic rings. The number of benzene rings is 2. The summed E-state index contributed by atoms with van der Waals surface area (Å²) < 4.78 is 13.2. The molecule has 4 nitrogen and oxygen atoms in total. The number of amides is 1. The molecule has 0 aliphatic rings. The maximum atomic E-state index is 13.1. The van der Waals surface area contributed by atoms with Crippen molar-refractivity contribution in [1.29, 1.82) is 0 Å². The van der Waals surface area contributed by atoms with Gasteiger partial charge < -0.3 is 14.1 Å². The predicted molar refractivity (Wildman–Crippen MR) is 124 cm³/mol. The zero-order valence-corrected chi connectivity index (χ0v) is 18.9. The first kappa shape index (κ1) is 20.5. The fourth-order valence-corrected chi connectivity index (χ4v) is 4.35. The molecule has 0 unspecified atom stereocenters. The Kier molecular flexibility index (Phi) is 5.33. The van der Waals surface area contributed by atoms with Gasteiger partial charge in [0.15, 0.2) is 0 Å². The first-order chi connectivity index (χ1) is 14.2. The maximum absolute atomic E-state index is 13.1. The lowest BCUT2D eigenvalue weighted by atomic mass is 9.92. The van der Waals surface area contributed by atoms with Crippen molar-refractivity contribution in [2.75, 3.05) is 13.6 Å². The highest BCUT2D eigenvalue weighted by Crippen LogP contribution is 2.36. The third-order valence-corrected chi connectivity index (χ3v) is 6.21. The molecule has 5 heteroatoms. The maximum Gasteiger partial charge on any atom is 0.257 e. The molecule has 156 valence electrons. The van der Waals surface area contributed by atoms with E-state index >= 15 is 0 Å². The Morgan fingerprint density at radius 3 is 2.73 bits per heavy atom. The Bertz CT molecular complexity index is 1210. The van der Waals surface area contributed by atoms with Crippen LogP contribution in [0.15, 0.2) is 52.3 Å². The minimum atomic E-state index is -0.00692. The number of aryl methyl sites for hydroxylation is 1. The summed E-state index contributed by atoms with van der Waals surface area (Å²) in [6, 6.07) is 13.8. The zero-order valence-electron chi connectivity index (χ0n) is 18.1. The third-order valence-electron chi connectivity index (χ3n) is 5.27. The fourth-order valence-electron chi connectivity index (χ4n) is 3.50. The normalized spacial score (nSPS) is 11.9. The molecule has 0 N–H and O–H groups in total. The highest BCUT2D eigenvalue weighted by Gasteiger charge is 2.23. The molecule has 2 aromatic carbocycles. The molecule has 0 aliphatic heterocycles. The Morgan fingerprint density at radius 2 is 1.97 bits per heavy atom. The second-order valence-corrected chi connectivity index (χ2v) is 9.84. The third kappa shape index (κ3) is 4.08. The van der Waals surface area contributed by atoms with Crippen molar-refractivity contribution in [3.8, 4) is 11.5 Å². The lowest BCUT2D eigenvalue weighted by molar-refractivity contribution is 0.0780. The summed E-state index contributed by atoms with van der Waals surface area (Å²) in [5.41, 5.74) is 1.48. The van der Waals surface area contributed by atoms with Gasteiger partial charge in [0.05, 0.1) is 10.3 Å². The van der Waals surface area contributed by atoms with Crippen LogP contribution in [0.4, 0.5) is 0 Å². The molecule has 0 radical (unpaired) electrons. The van der Waals surface area contributed by atoms with Gasteiger partial charge in [0.25, 0.3) is 5.91 Å². The fraction of sp³-hybridized carbons (Fsp3) is 0.320. The van der Waals surface area contributed by atoms with Gasteiger partial charge in [-0.2, -0.15) is 0 Å². The Hall–Kier alpha value is -2.79.